The molecule has 7 nitrogen and oxygen atoms in total. The Morgan fingerprint density at radius 3 is 2.59 bits per heavy atom. The summed E-state index contributed by atoms with van der Waals surface area (Å²) in [6.45, 7) is 2.46. The Morgan fingerprint density at radius 1 is 0.969 bits per heavy atom. The molecule has 32 heavy (non-hydrogen) atoms. The third-order valence-corrected chi connectivity index (χ3v) is 7.65. The molecular weight excluding hydrogens is 428 g/mol. The van der Waals surface area contributed by atoms with Crippen molar-refractivity contribution in [2.45, 2.75) is 38.1 Å². The van der Waals surface area contributed by atoms with Crippen molar-refractivity contribution in [2.24, 2.45) is 0 Å². The summed E-state index contributed by atoms with van der Waals surface area (Å²) in [7, 11) is -3.33. The molecular formula is C24H28N2O5S. The zero-order valence-corrected chi connectivity index (χ0v) is 19.1. The molecule has 1 fully saturated rings. The normalized spacial score (nSPS) is 20.6. The van der Waals surface area contributed by atoms with Crippen molar-refractivity contribution in [3.63, 3.8) is 0 Å². The van der Waals surface area contributed by atoms with Crippen molar-refractivity contribution >= 4 is 21.6 Å². The van der Waals surface area contributed by atoms with E-state index in [9.17, 15) is 13.2 Å². The van der Waals surface area contributed by atoms with Gasteiger partial charge in [-0.1, -0.05) is 6.07 Å². The number of anilines is 1. The molecule has 3 heterocycles. The molecule has 1 amide bonds. The van der Waals surface area contributed by atoms with E-state index in [0.717, 1.165) is 54.7 Å². The third-order valence-electron chi connectivity index (χ3n) is 6.47. The van der Waals surface area contributed by atoms with Crippen LogP contribution in [0.15, 0.2) is 36.4 Å². The Kier molecular flexibility index (Phi) is 5.49. The molecule has 0 N–H and O–H groups in total. The van der Waals surface area contributed by atoms with Gasteiger partial charge in [0, 0.05) is 25.1 Å². The monoisotopic (exact) mass is 456 g/mol. The van der Waals surface area contributed by atoms with Gasteiger partial charge in [0.25, 0.3) is 5.91 Å². The second kappa shape index (κ2) is 8.31. The van der Waals surface area contributed by atoms with Crippen LogP contribution in [0, 0.1) is 0 Å². The van der Waals surface area contributed by atoms with Gasteiger partial charge in [-0.2, -0.15) is 0 Å². The molecule has 0 aromatic heterocycles. The summed E-state index contributed by atoms with van der Waals surface area (Å²) in [5, 5.41) is 0. The molecule has 2 aromatic carbocycles. The molecule has 0 aliphatic carbocycles. The van der Waals surface area contributed by atoms with Crippen LogP contribution in [0.2, 0.25) is 0 Å². The van der Waals surface area contributed by atoms with E-state index in [4.69, 9.17) is 9.47 Å². The predicted molar refractivity (Wildman–Crippen MR) is 122 cm³/mol. The number of hydrogen-bond donors (Lipinski definition) is 0. The van der Waals surface area contributed by atoms with E-state index < -0.39 is 10.0 Å². The fourth-order valence-electron chi connectivity index (χ4n) is 4.95. The first-order valence-electron chi connectivity index (χ1n) is 11.2. The first kappa shape index (κ1) is 21.1. The highest BCUT2D eigenvalue weighted by Gasteiger charge is 2.32. The van der Waals surface area contributed by atoms with Gasteiger partial charge in [0.15, 0.2) is 11.5 Å². The lowest BCUT2D eigenvalue weighted by molar-refractivity contribution is 0.0735. The molecule has 1 atom stereocenters. The molecule has 170 valence electrons. The van der Waals surface area contributed by atoms with Crippen LogP contribution in [0.3, 0.4) is 0 Å². The molecule has 0 saturated carbocycles. The number of fused-ring (bicyclic) bond motifs is 2. The number of rotatable bonds is 3. The number of carbonyl (C=O) groups excluding carboxylic acids is 1. The van der Waals surface area contributed by atoms with Crippen LogP contribution >= 0.6 is 0 Å². The number of likely N-dealkylation sites (tertiary alicyclic amines) is 1. The minimum absolute atomic E-state index is 0.0109. The molecule has 2 aromatic rings. The van der Waals surface area contributed by atoms with E-state index in [1.54, 1.807) is 12.1 Å². The summed E-state index contributed by atoms with van der Waals surface area (Å²) in [4.78, 5) is 15.4. The Labute approximate surface area is 189 Å². The summed E-state index contributed by atoms with van der Waals surface area (Å²) < 4.78 is 37.3. The SMILES string of the molecule is CS(=O)(=O)N1CCCc2cc(C(=O)N3CCC[C@@H]3c3ccc4c(c3)OCCCO4)ccc21. The maximum Gasteiger partial charge on any atom is 0.254 e. The van der Waals surface area contributed by atoms with Gasteiger partial charge in [0.2, 0.25) is 10.0 Å². The van der Waals surface area contributed by atoms with Crippen molar-refractivity contribution in [3.8, 4) is 11.5 Å². The summed E-state index contributed by atoms with van der Waals surface area (Å²) in [6.07, 6.45) is 5.45. The molecule has 0 bridgehead atoms. The minimum atomic E-state index is -3.33. The zero-order valence-electron chi connectivity index (χ0n) is 18.2. The fourth-order valence-corrected chi connectivity index (χ4v) is 5.95. The highest BCUT2D eigenvalue weighted by molar-refractivity contribution is 7.92. The second-order valence-corrected chi connectivity index (χ2v) is 10.6. The first-order valence-corrected chi connectivity index (χ1v) is 13.1. The van der Waals surface area contributed by atoms with Gasteiger partial charge in [-0.15, -0.1) is 0 Å². The van der Waals surface area contributed by atoms with Gasteiger partial charge in [-0.25, -0.2) is 8.42 Å². The summed E-state index contributed by atoms with van der Waals surface area (Å²) in [5.41, 5.74) is 3.27. The number of aryl methyl sites for hydroxylation is 1. The molecule has 0 unspecified atom stereocenters. The summed E-state index contributed by atoms with van der Waals surface area (Å²) in [6, 6.07) is 11.4. The van der Waals surface area contributed by atoms with Crippen LogP contribution in [0.25, 0.3) is 0 Å². The number of hydrogen-bond acceptors (Lipinski definition) is 5. The molecule has 8 heteroatoms. The van der Waals surface area contributed by atoms with Crippen molar-refractivity contribution in [1.29, 1.82) is 0 Å². The van der Waals surface area contributed by atoms with Crippen LogP contribution in [0.1, 0.15) is 53.2 Å². The fraction of sp³-hybridized carbons (Fsp3) is 0.458. The lowest BCUT2D eigenvalue weighted by atomic mass is 9.99. The standard InChI is InChI=1S/C24H28N2O5S/c1-32(28,29)26-12-2-5-17-15-19(7-9-21(17)26)24(27)25-11-3-6-20(25)18-8-10-22-23(16-18)31-14-4-13-30-22/h7-10,15-16,20H,2-6,11-14H2,1H3/t20-/m1/s1. The first-order chi connectivity index (χ1) is 15.4. The number of benzene rings is 2. The van der Waals surface area contributed by atoms with Crippen molar-refractivity contribution in [2.75, 3.05) is 36.9 Å². The number of nitrogens with zero attached hydrogens (tertiary/aromatic N) is 2. The average molecular weight is 457 g/mol. The summed E-state index contributed by atoms with van der Waals surface area (Å²) >= 11 is 0. The third kappa shape index (κ3) is 3.92. The van der Waals surface area contributed by atoms with E-state index in [1.807, 2.05) is 29.2 Å². The molecule has 0 spiro atoms. The van der Waals surface area contributed by atoms with Crippen molar-refractivity contribution in [3.05, 3.63) is 53.1 Å². The number of amides is 1. The van der Waals surface area contributed by atoms with E-state index in [1.165, 1.54) is 10.6 Å². The number of carbonyl (C=O) groups is 1. The Balaban J connectivity index is 1.41. The van der Waals surface area contributed by atoms with Gasteiger partial charge < -0.3 is 14.4 Å². The lowest BCUT2D eigenvalue weighted by Gasteiger charge is -2.30. The number of ether oxygens (including phenoxy) is 2. The quantitative estimate of drug-likeness (QED) is 0.706. The summed E-state index contributed by atoms with van der Waals surface area (Å²) in [5.74, 6) is 1.49. The average Bonchev–Trinajstić information content (AvgIpc) is 3.15. The maximum atomic E-state index is 13.5. The number of sulfonamides is 1. The van der Waals surface area contributed by atoms with E-state index in [2.05, 4.69) is 0 Å². The molecule has 3 aliphatic rings. The van der Waals surface area contributed by atoms with Crippen molar-refractivity contribution in [1.82, 2.24) is 4.90 Å². The van der Waals surface area contributed by atoms with Gasteiger partial charge in [0.05, 0.1) is 31.2 Å². The molecule has 5 rings (SSSR count). The van der Waals surface area contributed by atoms with E-state index in [-0.39, 0.29) is 11.9 Å². The van der Waals surface area contributed by atoms with Crippen LogP contribution < -0.4 is 13.8 Å². The largest absolute Gasteiger partial charge is 0.490 e. The molecule has 3 aliphatic heterocycles. The second-order valence-electron chi connectivity index (χ2n) is 8.70. The van der Waals surface area contributed by atoms with Crippen LogP contribution in [-0.2, 0) is 16.4 Å². The van der Waals surface area contributed by atoms with Gasteiger partial charge in [0.1, 0.15) is 0 Å². The van der Waals surface area contributed by atoms with Gasteiger partial charge in [-0.3, -0.25) is 9.10 Å². The van der Waals surface area contributed by atoms with Crippen molar-refractivity contribution < 1.29 is 22.7 Å². The van der Waals surface area contributed by atoms with Crippen LogP contribution in [0.5, 0.6) is 11.5 Å². The lowest BCUT2D eigenvalue weighted by Crippen LogP contribution is -2.35. The van der Waals surface area contributed by atoms with E-state index >= 15 is 0 Å². The van der Waals surface area contributed by atoms with Crippen LogP contribution in [-0.4, -0.2) is 51.8 Å². The Hall–Kier alpha value is -2.74. The smallest absolute Gasteiger partial charge is 0.254 e. The van der Waals surface area contributed by atoms with Crippen LogP contribution in [0.4, 0.5) is 5.69 Å². The molecule has 0 radical (unpaired) electrons. The topological polar surface area (TPSA) is 76.2 Å². The van der Waals surface area contributed by atoms with E-state index in [0.29, 0.717) is 37.6 Å². The Morgan fingerprint density at radius 2 is 1.78 bits per heavy atom. The highest BCUT2D eigenvalue weighted by atomic mass is 32.2. The van der Waals surface area contributed by atoms with Gasteiger partial charge in [-0.05, 0) is 67.1 Å². The molecule has 1 saturated heterocycles. The maximum absolute atomic E-state index is 13.5. The predicted octanol–water partition coefficient (Wildman–Crippen LogP) is 3.54. The highest BCUT2D eigenvalue weighted by Crippen LogP contribution is 2.39. The zero-order chi connectivity index (χ0) is 22.3. The Bertz CT molecular complexity index is 1150. The van der Waals surface area contributed by atoms with Gasteiger partial charge >= 0.3 is 0 Å². The minimum Gasteiger partial charge on any atom is -0.490 e.